The first kappa shape index (κ1) is 15.9. The number of aryl methyl sites for hydroxylation is 1. The van der Waals surface area contributed by atoms with Gasteiger partial charge in [0.05, 0.1) is 0 Å². The van der Waals surface area contributed by atoms with Crippen LogP contribution >= 0.6 is 0 Å². The molecule has 0 heterocycles. The molecule has 4 heteroatoms. The van der Waals surface area contributed by atoms with Crippen molar-refractivity contribution in [1.82, 2.24) is 5.32 Å². The summed E-state index contributed by atoms with van der Waals surface area (Å²) < 4.78 is 5.48. The zero-order valence-electron chi connectivity index (χ0n) is 13.2. The Morgan fingerprint density at radius 2 is 1.77 bits per heavy atom. The van der Waals surface area contributed by atoms with Crippen LogP contribution in [0.5, 0.6) is 5.75 Å². The molecular formula is C18H22N2O2. The molecule has 0 aliphatic heterocycles. The molecule has 0 saturated carbocycles. The fourth-order valence-corrected chi connectivity index (χ4v) is 2.10. The van der Waals surface area contributed by atoms with Gasteiger partial charge in [0.15, 0.2) is 6.73 Å². The molecule has 0 aliphatic carbocycles. The first-order valence-electron chi connectivity index (χ1n) is 7.39. The van der Waals surface area contributed by atoms with E-state index in [2.05, 4.69) is 24.5 Å². The van der Waals surface area contributed by atoms with Crippen LogP contribution in [0.15, 0.2) is 48.5 Å². The highest BCUT2D eigenvalue weighted by Gasteiger charge is 2.08. The van der Waals surface area contributed by atoms with Crippen molar-refractivity contribution in [2.24, 2.45) is 0 Å². The Bertz CT molecular complexity index is 621. The zero-order valence-corrected chi connectivity index (χ0v) is 13.2. The number of benzene rings is 2. The highest BCUT2D eigenvalue weighted by atomic mass is 16.5. The van der Waals surface area contributed by atoms with Crippen molar-refractivity contribution in [3.05, 3.63) is 59.7 Å². The highest BCUT2D eigenvalue weighted by molar-refractivity contribution is 5.90. The molecule has 2 amide bonds. The topological polar surface area (TPSA) is 50.4 Å². The number of rotatable bonds is 5. The molecule has 0 aromatic heterocycles. The maximum absolute atomic E-state index is 11.9. The van der Waals surface area contributed by atoms with E-state index in [4.69, 9.17) is 4.74 Å². The molecule has 0 atom stereocenters. The number of carbonyl (C=O) groups excluding carboxylic acids is 1. The minimum absolute atomic E-state index is 0.124. The van der Waals surface area contributed by atoms with Gasteiger partial charge in [-0.1, -0.05) is 49.7 Å². The Balaban J connectivity index is 1.84. The monoisotopic (exact) mass is 298 g/mol. The van der Waals surface area contributed by atoms with Crippen LogP contribution in [-0.2, 0) is 0 Å². The maximum Gasteiger partial charge on any atom is 0.321 e. The fourth-order valence-electron chi connectivity index (χ4n) is 2.10. The van der Waals surface area contributed by atoms with E-state index >= 15 is 0 Å². The smallest absolute Gasteiger partial charge is 0.321 e. The summed E-state index contributed by atoms with van der Waals surface area (Å²) in [5.41, 5.74) is 3.10. The van der Waals surface area contributed by atoms with Gasteiger partial charge in [0.1, 0.15) is 5.75 Å². The van der Waals surface area contributed by atoms with Crippen LogP contribution in [0.4, 0.5) is 10.5 Å². The number of hydrogen-bond donors (Lipinski definition) is 2. The normalized spacial score (nSPS) is 10.4. The number of nitrogens with one attached hydrogen (secondary N) is 2. The van der Waals surface area contributed by atoms with Gasteiger partial charge >= 0.3 is 6.03 Å². The van der Waals surface area contributed by atoms with Crippen molar-refractivity contribution in [3.8, 4) is 5.75 Å². The molecule has 2 aromatic carbocycles. The minimum Gasteiger partial charge on any atom is -0.473 e. The quantitative estimate of drug-likeness (QED) is 0.810. The summed E-state index contributed by atoms with van der Waals surface area (Å²) in [6.45, 7) is 6.33. The van der Waals surface area contributed by atoms with E-state index < -0.39 is 0 Å². The van der Waals surface area contributed by atoms with E-state index in [0.29, 0.717) is 5.92 Å². The van der Waals surface area contributed by atoms with Crippen LogP contribution in [0, 0.1) is 6.92 Å². The molecule has 0 fully saturated rings. The molecule has 2 N–H and O–H groups in total. The molecule has 0 saturated heterocycles. The number of urea groups is 1. The van der Waals surface area contributed by atoms with E-state index in [-0.39, 0.29) is 12.8 Å². The standard InChI is InChI=1S/C18H22N2O2/c1-13(2)16-6-4-5-7-17(16)20-18(21)19-12-22-15-10-8-14(3)9-11-15/h4-11,13H,12H2,1-3H3,(H2,19,20,21). The minimum atomic E-state index is -0.278. The molecule has 2 aromatic rings. The maximum atomic E-state index is 11.9. The van der Waals surface area contributed by atoms with Crippen molar-refractivity contribution in [2.45, 2.75) is 26.7 Å². The highest BCUT2D eigenvalue weighted by Crippen LogP contribution is 2.23. The van der Waals surface area contributed by atoms with Crippen LogP contribution in [0.1, 0.15) is 30.9 Å². The van der Waals surface area contributed by atoms with Gasteiger partial charge in [0.25, 0.3) is 0 Å². The Morgan fingerprint density at radius 1 is 1.09 bits per heavy atom. The number of ether oxygens (including phenoxy) is 1. The van der Waals surface area contributed by atoms with Crippen LogP contribution in [0.25, 0.3) is 0 Å². The van der Waals surface area contributed by atoms with Crippen molar-refractivity contribution in [3.63, 3.8) is 0 Å². The second kappa shape index (κ2) is 7.50. The number of carbonyl (C=O) groups is 1. The van der Waals surface area contributed by atoms with Crippen molar-refractivity contribution >= 4 is 11.7 Å². The average molecular weight is 298 g/mol. The Morgan fingerprint density at radius 3 is 2.45 bits per heavy atom. The average Bonchev–Trinajstić information content (AvgIpc) is 2.49. The van der Waals surface area contributed by atoms with Crippen molar-refractivity contribution in [1.29, 1.82) is 0 Å². The first-order valence-corrected chi connectivity index (χ1v) is 7.39. The zero-order chi connectivity index (χ0) is 15.9. The lowest BCUT2D eigenvalue weighted by Gasteiger charge is -2.14. The summed E-state index contributed by atoms with van der Waals surface area (Å²) >= 11 is 0. The predicted octanol–water partition coefficient (Wildman–Crippen LogP) is 4.28. The van der Waals surface area contributed by atoms with E-state index in [1.54, 1.807) is 0 Å². The molecule has 4 nitrogen and oxygen atoms in total. The summed E-state index contributed by atoms with van der Waals surface area (Å²) in [6.07, 6.45) is 0. The first-order chi connectivity index (χ1) is 10.6. The van der Waals surface area contributed by atoms with E-state index in [9.17, 15) is 4.79 Å². The van der Waals surface area contributed by atoms with Gasteiger partial charge < -0.3 is 15.4 Å². The second-order valence-corrected chi connectivity index (χ2v) is 5.47. The summed E-state index contributed by atoms with van der Waals surface area (Å²) in [5.74, 6) is 1.08. The Hall–Kier alpha value is -2.49. The lowest BCUT2D eigenvalue weighted by molar-refractivity contribution is 0.234. The van der Waals surface area contributed by atoms with Gasteiger partial charge in [0.2, 0.25) is 0 Å². The van der Waals surface area contributed by atoms with Gasteiger partial charge in [-0.15, -0.1) is 0 Å². The van der Waals surface area contributed by atoms with E-state index in [1.807, 2.05) is 55.5 Å². The van der Waals surface area contributed by atoms with Gasteiger partial charge in [-0.2, -0.15) is 0 Å². The molecule has 0 bridgehead atoms. The molecule has 0 aliphatic rings. The third-order valence-electron chi connectivity index (χ3n) is 3.32. The molecule has 22 heavy (non-hydrogen) atoms. The van der Waals surface area contributed by atoms with Gasteiger partial charge in [0, 0.05) is 5.69 Å². The summed E-state index contributed by atoms with van der Waals surface area (Å²) in [4.78, 5) is 11.9. The van der Waals surface area contributed by atoms with Crippen LogP contribution in [0.3, 0.4) is 0 Å². The summed E-state index contributed by atoms with van der Waals surface area (Å²) in [7, 11) is 0. The van der Waals surface area contributed by atoms with E-state index in [1.165, 1.54) is 5.56 Å². The predicted molar refractivity (Wildman–Crippen MR) is 89.4 cm³/mol. The van der Waals surface area contributed by atoms with Crippen LogP contribution in [-0.4, -0.2) is 12.8 Å². The molecular weight excluding hydrogens is 276 g/mol. The summed E-state index contributed by atoms with van der Waals surface area (Å²) in [5, 5.41) is 5.55. The van der Waals surface area contributed by atoms with E-state index in [0.717, 1.165) is 17.0 Å². The van der Waals surface area contributed by atoms with Gasteiger partial charge in [-0.05, 0) is 36.6 Å². The van der Waals surface area contributed by atoms with Crippen molar-refractivity contribution < 1.29 is 9.53 Å². The van der Waals surface area contributed by atoms with Gasteiger partial charge in [-0.25, -0.2) is 4.79 Å². The van der Waals surface area contributed by atoms with Crippen LogP contribution < -0.4 is 15.4 Å². The van der Waals surface area contributed by atoms with Crippen LogP contribution in [0.2, 0.25) is 0 Å². The molecule has 0 unspecified atom stereocenters. The number of para-hydroxylation sites is 1. The summed E-state index contributed by atoms with van der Waals surface area (Å²) in [6, 6.07) is 15.2. The molecule has 0 spiro atoms. The lowest BCUT2D eigenvalue weighted by Crippen LogP contribution is -2.32. The van der Waals surface area contributed by atoms with Crippen molar-refractivity contribution in [2.75, 3.05) is 12.0 Å². The Kier molecular flexibility index (Phi) is 5.42. The fraction of sp³-hybridized carbons (Fsp3) is 0.278. The SMILES string of the molecule is Cc1ccc(OCNC(=O)Nc2ccccc2C(C)C)cc1. The third kappa shape index (κ3) is 4.52. The lowest BCUT2D eigenvalue weighted by atomic mass is 10.0. The number of hydrogen-bond acceptors (Lipinski definition) is 2. The second-order valence-electron chi connectivity index (χ2n) is 5.47. The largest absolute Gasteiger partial charge is 0.473 e. The number of amides is 2. The van der Waals surface area contributed by atoms with Gasteiger partial charge in [-0.3, -0.25) is 0 Å². The third-order valence-corrected chi connectivity index (χ3v) is 3.32. The Labute approximate surface area is 131 Å². The molecule has 116 valence electrons. The molecule has 2 rings (SSSR count). The molecule has 0 radical (unpaired) electrons. The number of anilines is 1.